The number of esters is 2. The monoisotopic (exact) mass is 266 g/mol. The third-order valence-corrected chi connectivity index (χ3v) is 4.02. The first-order chi connectivity index (χ1) is 7.63. The molecule has 0 amide bonds. The van der Waals surface area contributed by atoms with Crippen molar-refractivity contribution in [2.24, 2.45) is 0 Å². The van der Waals surface area contributed by atoms with Gasteiger partial charge in [-0.3, -0.25) is 9.59 Å². The molecule has 0 bridgehead atoms. The molecule has 0 aliphatic carbocycles. The largest absolute Gasteiger partial charge is 0.466 e. The quantitative estimate of drug-likeness (QED) is 0.362. The maximum absolute atomic E-state index is 10.4. The van der Waals surface area contributed by atoms with Crippen molar-refractivity contribution in [3.8, 4) is 0 Å². The van der Waals surface area contributed by atoms with Crippen LogP contribution in [0.2, 0.25) is 0 Å². The van der Waals surface area contributed by atoms with Crippen LogP contribution in [0.5, 0.6) is 0 Å². The highest BCUT2D eigenvalue weighted by atomic mass is 33.1. The lowest BCUT2D eigenvalue weighted by Crippen LogP contribution is -2.01. The van der Waals surface area contributed by atoms with Gasteiger partial charge in [-0.15, -0.1) is 0 Å². The second kappa shape index (κ2) is 11.1. The van der Waals surface area contributed by atoms with Crippen molar-refractivity contribution in [2.75, 3.05) is 24.7 Å². The van der Waals surface area contributed by atoms with Crippen molar-refractivity contribution < 1.29 is 19.1 Å². The standard InChI is InChI=1S/C10H18O4S2/c1-9(11)13-5-3-7-15-16-8-4-6-14-10(2)12/h3-8H2,1-2H3. The fourth-order valence-corrected chi connectivity index (χ4v) is 2.91. The Labute approximate surface area is 104 Å². The summed E-state index contributed by atoms with van der Waals surface area (Å²) in [6.07, 6.45) is 1.75. The van der Waals surface area contributed by atoms with E-state index in [4.69, 9.17) is 9.47 Å². The third kappa shape index (κ3) is 13.6. The van der Waals surface area contributed by atoms with Crippen molar-refractivity contribution >= 4 is 33.5 Å². The van der Waals surface area contributed by atoms with E-state index < -0.39 is 0 Å². The Morgan fingerprint density at radius 3 is 1.56 bits per heavy atom. The summed E-state index contributed by atoms with van der Waals surface area (Å²) in [4.78, 5) is 20.9. The molecule has 0 atom stereocenters. The van der Waals surface area contributed by atoms with Crippen LogP contribution in [0.4, 0.5) is 0 Å². The highest BCUT2D eigenvalue weighted by Gasteiger charge is 1.96. The first-order valence-electron chi connectivity index (χ1n) is 5.14. The minimum Gasteiger partial charge on any atom is -0.466 e. The summed E-state index contributed by atoms with van der Waals surface area (Å²) < 4.78 is 9.59. The van der Waals surface area contributed by atoms with Gasteiger partial charge >= 0.3 is 11.9 Å². The number of carbonyl (C=O) groups excluding carboxylic acids is 2. The molecule has 0 saturated carbocycles. The molecular formula is C10H18O4S2. The molecule has 0 N–H and O–H groups in total. The minimum atomic E-state index is -0.223. The first kappa shape index (κ1) is 15.6. The van der Waals surface area contributed by atoms with Gasteiger partial charge < -0.3 is 9.47 Å². The Balaban J connectivity index is 2.98. The molecule has 0 unspecified atom stereocenters. The molecule has 0 aromatic rings. The van der Waals surface area contributed by atoms with Gasteiger partial charge in [0.15, 0.2) is 0 Å². The summed E-state index contributed by atoms with van der Waals surface area (Å²) in [5.41, 5.74) is 0. The van der Waals surface area contributed by atoms with Crippen LogP contribution in [-0.2, 0) is 19.1 Å². The molecule has 0 aromatic heterocycles. The molecule has 0 rings (SSSR count). The van der Waals surface area contributed by atoms with Gasteiger partial charge in [-0.1, -0.05) is 21.6 Å². The summed E-state index contributed by atoms with van der Waals surface area (Å²) in [7, 11) is 3.50. The Hall–Kier alpha value is -0.360. The van der Waals surface area contributed by atoms with Gasteiger partial charge in [-0.05, 0) is 12.8 Å². The summed E-state index contributed by atoms with van der Waals surface area (Å²) in [5.74, 6) is 1.48. The molecule has 6 heteroatoms. The van der Waals surface area contributed by atoms with E-state index in [1.165, 1.54) is 13.8 Å². The molecule has 94 valence electrons. The zero-order chi connectivity index (χ0) is 12.2. The smallest absolute Gasteiger partial charge is 0.302 e. The molecule has 0 heterocycles. The van der Waals surface area contributed by atoms with E-state index in [0.717, 1.165) is 24.3 Å². The number of carbonyl (C=O) groups is 2. The molecule has 0 radical (unpaired) electrons. The predicted octanol–water partition coefficient (Wildman–Crippen LogP) is 2.27. The fraction of sp³-hybridized carbons (Fsp3) is 0.800. The van der Waals surface area contributed by atoms with Gasteiger partial charge in [-0.25, -0.2) is 0 Å². The van der Waals surface area contributed by atoms with Crippen LogP contribution in [0, 0.1) is 0 Å². The van der Waals surface area contributed by atoms with Crippen molar-refractivity contribution in [1.82, 2.24) is 0 Å². The highest BCUT2D eigenvalue weighted by molar-refractivity contribution is 8.76. The van der Waals surface area contributed by atoms with Crippen LogP contribution in [0.25, 0.3) is 0 Å². The number of rotatable bonds is 9. The summed E-state index contributed by atoms with van der Waals surface area (Å²) >= 11 is 0. The average Bonchev–Trinajstić information content (AvgIpc) is 2.20. The molecule has 0 aliphatic rings. The van der Waals surface area contributed by atoms with Crippen LogP contribution in [0.1, 0.15) is 26.7 Å². The van der Waals surface area contributed by atoms with E-state index in [-0.39, 0.29) is 11.9 Å². The van der Waals surface area contributed by atoms with Crippen molar-refractivity contribution in [1.29, 1.82) is 0 Å². The van der Waals surface area contributed by atoms with E-state index in [2.05, 4.69) is 0 Å². The molecule has 0 spiro atoms. The topological polar surface area (TPSA) is 52.6 Å². The Kier molecular flexibility index (Phi) is 10.9. The Morgan fingerprint density at radius 1 is 0.875 bits per heavy atom. The second-order valence-corrected chi connectivity index (χ2v) is 5.73. The zero-order valence-corrected chi connectivity index (χ0v) is 11.3. The summed E-state index contributed by atoms with van der Waals surface area (Å²) in [6.45, 7) is 3.82. The molecule has 0 fully saturated rings. The molecule has 0 aromatic carbocycles. The van der Waals surface area contributed by atoms with E-state index in [0.29, 0.717) is 13.2 Å². The summed E-state index contributed by atoms with van der Waals surface area (Å²) in [6, 6.07) is 0. The van der Waals surface area contributed by atoms with Crippen LogP contribution >= 0.6 is 21.6 Å². The van der Waals surface area contributed by atoms with Gasteiger partial charge in [0.2, 0.25) is 0 Å². The Bertz CT molecular complexity index is 187. The molecule has 16 heavy (non-hydrogen) atoms. The molecule has 0 aliphatic heterocycles. The highest BCUT2D eigenvalue weighted by Crippen LogP contribution is 2.22. The maximum Gasteiger partial charge on any atom is 0.302 e. The number of hydrogen-bond donors (Lipinski definition) is 0. The fourth-order valence-electron chi connectivity index (χ4n) is 0.785. The lowest BCUT2D eigenvalue weighted by Gasteiger charge is -2.02. The predicted molar refractivity (Wildman–Crippen MR) is 67.4 cm³/mol. The van der Waals surface area contributed by atoms with E-state index in [1.807, 2.05) is 0 Å². The third-order valence-electron chi connectivity index (χ3n) is 1.44. The van der Waals surface area contributed by atoms with Gasteiger partial charge in [0, 0.05) is 25.4 Å². The van der Waals surface area contributed by atoms with Gasteiger partial charge in [0.05, 0.1) is 13.2 Å². The SMILES string of the molecule is CC(=O)OCCCSSCCCOC(C)=O. The van der Waals surface area contributed by atoms with Crippen LogP contribution in [0.3, 0.4) is 0 Å². The van der Waals surface area contributed by atoms with E-state index >= 15 is 0 Å². The first-order valence-corrected chi connectivity index (χ1v) is 7.63. The number of hydrogen-bond acceptors (Lipinski definition) is 6. The average molecular weight is 266 g/mol. The molecule has 4 nitrogen and oxygen atoms in total. The zero-order valence-electron chi connectivity index (χ0n) is 9.69. The second-order valence-electron chi connectivity index (χ2n) is 3.03. The molecular weight excluding hydrogens is 248 g/mol. The Morgan fingerprint density at radius 2 is 1.25 bits per heavy atom. The van der Waals surface area contributed by atoms with Gasteiger partial charge in [0.25, 0.3) is 0 Å². The van der Waals surface area contributed by atoms with Gasteiger partial charge in [-0.2, -0.15) is 0 Å². The van der Waals surface area contributed by atoms with Gasteiger partial charge in [0.1, 0.15) is 0 Å². The summed E-state index contributed by atoms with van der Waals surface area (Å²) in [5, 5.41) is 0. The van der Waals surface area contributed by atoms with E-state index in [9.17, 15) is 9.59 Å². The number of ether oxygens (including phenoxy) is 2. The van der Waals surface area contributed by atoms with Crippen molar-refractivity contribution in [3.05, 3.63) is 0 Å². The molecule has 0 saturated heterocycles. The van der Waals surface area contributed by atoms with Crippen molar-refractivity contribution in [2.45, 2.75) is 26.7 Å². The minimum absolute atomic E-state index is 0.223. The van der Waals surface area contributed by atoms with Crippen LogP contribution in [-0.4, -0.2) is 36.7 Å². The van der Waals surface area contributed by atoms with Crippen LogP contribution in [0.15, 0.2) is 0 Å². The maximum atomic E-state index is 10.4. The normalized spacial score (nSPS) is 9.88. The van der Waals surface area contributed by atoms with Crippen molar-refractivity contribution in [3.63, 3.8) is 0 Å². The lowest BCUT2D eigenvalue weighted by atomic mass is 10.5. The van der Waals surface area contributed by atoms with E-state index in [1.54, 1.807) is 21.6 Å². The lowest BCUT2D eigenvalue weighted by molar-refractivity contribution is -0.141. The van der Waals surface area contributed by atoms with Crippen LogP contribution < -0.4 is 0 Å².